The quantitative estimate of drug-likeness (QED) is 0.668. The van der Waals surface area contributed by atoms with Crippen LogP contribution in [0.4, 0.5) is 13.2 Å². The van der Waals surface area contributed by atoms with E-state index in [4.69, 9.17) is 9.47 Å². The van der Waals surface area contributed by atoms with Gasteiger partial charge in [0.25, 0.3) is 5.91 Å². The van der Waals surface area contributed by atoms with Crippen molar-refractivity contribution in [3.63, 3.8) is 0 Å². The van der Waals surface area contributed by atoms with E-state index in [1.165, 1.54) is 0 Å². The molecule has 0 saturated heterocycles. The highest BCUT2D eigenvalue weighted by Gasteiger charge is 2.31. The molecule has 4 rings (SSSR count). The van der Waals surface area contributed by atoms with Gasteiger partial charge in [0, 0.05) is 30.8 Å². The summed E-state index contributed by atoms with van der Waals surface area (Å²) in [5.74, 6) is 0.195. The van der Waals surface area contributed by atoms with Crippen molar-refractivity contribution in [3.8, 4) is 11.6 Å². The van der Waals surface area contributed by atoms with Crippen molar-refractivity contribution in [2.75, 3.05) is 7.11 Å². The number of aromatic nitrogens is 2. The summed E-state index contributed by atoms with van der Waals surface area (Å²) in [4.78, 5) is 20.4. The number of halogens is 3. The Bertz CT molecular complexity index is 1060. The molecular weight excluding hydrogens is 399 g/mol. The van der Waals surface area contributed by atoms with Crippen LogP contribution in [0.25, 0.3) is 10.9 Å². The summed E-state index contributed by atoms with van der Waals surface area (Å²) in [6, 6.07) is 10.5. The van der Waals surface area contributed by atoms with Crippen molar-refractivity contribution in [3.05, 3.63) is 59.9 Å². The van der Waals surface area contributed by atoms with Gasteiger partial charge >= 0.3 is 6.18 Å². The topological polar surface area (TPSA) is 73.3 Å². The number of ether oxygens (including phenoxy) is 2. The van der Waals surface area contributed by atoms with Gasteiger partial charge in [0.2, 0.25) is 5.88 Å². The number of benzene rings is 1. The smallest absolute Gasteiger partial charge is 0.417 e. The van der Waals surface area contributed by atoms with E-state index < -0.39 is 11.7 Å². The van der Waals surface area contributed by atoms with Crippen LogP contribution in [0.1, 0.15) is 28.9 Å². The van der Waals surface area contributed by atoms with Crippen LogP contribution in [-0.2, 0) is 10.9 Å². The number of nitrogens with zero attached hydrogens (tertiary/aromatic N) is 2. The third-order valence-electron chi connectivity index (χ3n) is 4.94. The minimum atomic E-state index is -4.45. The molecule has 1 amide bonds. The molecule has 1 aliphatic rings. The minimum Gasteiger partial charge on any atom is -0.439 e. The molecule has 0 radical (unpaired) electrons. The van der Waals surface area contributed by atoms with Gasteiger partial charge in [-0.1, -0.05) is 6.07 Å². The van der Waals surface area contributed by atoms with Crippen molar-refractivity contribution in [1.29, 1.82) is 0 Å². The second-order valence-electron chi connectivity index (χ2n) is 7.04. The Morgan fingerprint density at radius 1 is 1.13 bits per heavy atom. The number of nitrogens with one attached hydrogen (secondary N) is 1. The fourth-order valence-electron chi connectivity index (χ4n) is 3.16. The van der Waals surface area contributed by atoms with Gasteiger partial charge in [-0.3, -0.25) is 4.79 Å². The maximum atomic E-state index is 12.6. The van der Waals surface area contributed by atoms with Gasteiger partial charge in [0.05, 0.1) is 17.2 Å². The average Bonchev–Trinajstić information content (AvgIpc) is 2.69. The van der Waals surface area contributed by atoms with E-state index >= 15 is 0 Å². The lowest BCUT2D eigenvalue weighted by molar-refractivity contribution is -0.137. The zero-order valence-corrected chi connectivity index (χ0v) is 15.9. The summed E-state index contributed by atoms with van der Waals surface area (Å²) in [7, 11) is 1.65. The second-order valence-corrected chi connectivity index (χ2v) is 7.04. The van der Waals surface area contributed by atoms with Crippen molar-refractivity contribution >= 4 is 16.8 Å². The number of carbonyl (C=O) groups excluding carboxylic acids is 1. The number of rotatable bonds is 5. The number of pyridine rings is 2. The molecule has 0 atom stereocenters. The SMILES string of the molecule is CO[C@H]1C[C@H](NC(=O)c2ccc3cc(Oc4ccc(C(F)(F)F)cn4)ccc3n2)C1. The maximum absolute atomic E-state index is 12.6. The van der Waals surface area contributed by atoms with Crippen molar-refractivity contribution in [2.45, 2.75) is 31.2 Å². The summed E-state index contributed by atoms with van der Waals surface area (Å²) >= 11 is 0. The lowest BCUT2D eigenvalue weighted by atomic mass is 9.89. The number of alkyl halides is 3. The van der Waals surface area contributed by atoms with Gasteiger partial charge in [-0.15, -0.1) is 0 Å². The van der Waals surface area contributed by atoms with Crippen LogP contribution in [-0.4, -0.2) is 35.1 Å². The van der Waals surface area contributed by atoms with E-state index in [0.717, 1.165) is 36.6 Å². The Hall–Kier alpha value is -3.20. The summed E-state index contributed by atoms with van der Waals surface area (Å²) in [6.07, 6.45) is -1.96. The lowest BCUT2D eigenvalue weighted by Gasteiger charge is -2.34. The van der Waals surface area contributed by atoms with E-state index in [9.17, 15) is 18.0 Å². The normalized spacial score (nSPS) is 18.7. The van der Waals surface area contributed by atoms with Gasteiger partial charge in [-0.05, 0) is 43.2 Å². The summed E-state index contributed by atoms with van der Waals surface area (Å²) < 4.78 is 48.6. The first-order chi connectivity index (χ1) is 14.3. The highest BCUT2D eigenvalue weighted by molar-refractivity contribution is 5.95. The van der Waals surface area contributed by atoms with E-state index in [1.807, 2.05) is 0 Å². The number of carbonyl (C=O) groups is 1. The summed E-state index contributed by atoms with van der Waals surface area (Å²) in [6.45, 7) is 0. The van der Waals surface area contributed by atoms with Crippen molar-refractivity contribution in [1.82, 2.24) is 15.3 Å². The molecule has 0 spiro atoms. The molecule has 1 aliphatic carbocycles. The number of hydrogen-bond donors (Lipinski definition) is 1. The van der Waals surface area contributed by atoms with Gasteiger partial charge < -0.3 is 14.8 Å². The standard InChI is InChI=1S/C21H18F3N3O3/c1-29-16-9-14(10-16)26-20(28)18-5-2-12-8-15(4-6-17(12)27-18)30-19-7-3-13(11-25-19)21(22,23)24/h2-8,11,14,16H,9-10H2,1H3,(H,26,28)/t14-,16-. The number of fused-ring (bicyclic) bond motifs is 1. The summed E-state index contributed by atoms with van der Waals surface area (Å²) in [5.41, 5.74) is 0.0585. The first kappa shape index (κ1) is 20.1. The molecule has 2 heterocycles. The molecule has 1 saturated carbocycles. The van der Waals surface area contributed by atoms with Crippen LogP contribution in [0, 0.1) is 0 Å². The van der Waals surface area contributed by atoms with Crippen molar-refractivity contribution < 1.29 is 27.4 Å². The van der Waals surface area contributed by atoms with Crippen LogP contribution < -0.4 is 10.1 Å². The highest BCUT2D eigenvalue weighted by Crippen LogP contribution is 2.30. The molecule has 2 aromatic heterocycles. The molecule has 30 heavy (non-hydrogen) atoms. The molecule has 3 aromatic rings. The third-order valence-corrected chi connectivity index (χ3v) is 4.94. The molecule has 6 nitrogen and oxygen atoms in total. The molecular formula is C21H18F3N3O3. The van der Waals surface area contributed by atoms with Gasteiger partial charge in [-0.2, -0.15) is 13.2 Å². The van der Waals surface area contributed by atoms with E-state index in [2.05, 4.69) is 15.3 Å². The zero-order chi connectivity index (χ0) is 21.3. The lowest BCUT2D eigenvalue weighted by Crippen LogP contribution is -2.47. The Labute approximate surface area is 170 Å². The molecule has 1 N–H and O–H groups in total. The zero-order valence-electron chi connectivity index (χ0n) is 15.9. The van der Waals surface area contributed by atoms with Crippen LogP contribution in [0.15, 0.2) is 48.7 Å². The number of amides is 1. The molecule has 0 unspecified atom stereocenters. The molecule has 9 heteroatoms. The Kier molecular flexibility index (Phi) is 5.29. The maximum Gasteiger partial charge on any atom is 0.417 e. The number of methoxy groups -OCH3 is 1. The Morgan fingerprint density at radius 2 is 1.93 bits per heavy atom. The molecule has 1 fully saturated rings. The molecule has 156 valence electrons. The Balaban J connectivity index is 1.44. The monoisotopic (exact) mass is 417 g/mol. The van der Waals surface area contributed by atoms with Gasteiger partial charge in [-0.25, -0.2) is 9.97 Å². The van der Waals surface area contributed by atoms with Gasteiger partial charge in [0.1, 0.15) is 11.4 Å². The third kappa shape index (κ3) is 4.35. The largest absolute Gasteiger partial charge is 0.439 e. The number of hydrogen-bond acceptors (Lipinski definition) is 5. The van der Waals surface area contributed by atoms with Crippen LogP contribution in [0.5, 0.6) is 11.6 Å². The molecule has 0 bridgehead atoms. The fraction of sp³-hybridized carbons (Fsp3) is 0.286. The van der Waals surface area contributed by atoms with E-state index in [1.54, 1.807) is 37.4 Å². The van der Waals surface area contributed by atoms with E-state index in [-0.39, 0.29) is 23.9 Å². The van der Waals surface area contributed by atoms with Crippen LogP contribution >= 0.6 is 0 Å². The predicted molar refractivity (Wildman–Crippen MR) is 102 cm³/mol. The van der Waals surface area contributed by atoms with Crippen LogP contribution in [0.2, 0.25) is 0 Å². The first-order valence-electron chi connectivity index (χ1n) is 9.27. The molecule has 0 aliphatic heterocycles. The fourth-order valence-corrected chi connectivity index (χ4v) is 3.16. The summed E-state index contributed by atoms with van der Waals surface area (Å²) in [5, 5.41) is 3.65. The minimum absolute atomic E-state index is 0.0427. The predicted octanol–water partition coefficient (Wildman–Crippen LogP) is 4.35. The Morgan fingerprint density at radius 3 is 2.60 bits per heavy atom. The second kappa shape index (κ2) is 7.91. The first-order valence-corrected chi connectivity index (χ1v) is 9.27. The van der Waals surface area contributed by atoms with E-state index in [0.29, 0.717) is 17.0 Å². The van der Waals surface area contributed by atoms with Crippen molar-refractivity contribution in [2.24, 2.45) is 0 Å². The molecule has 1 aromatic carbocycles. The average molecular weight is 417 g/mol. The van der Waals surface area contributed by atoms with Gasteiger partial charge in [0.15, 0.2) is 0 Å². The highest BCUT2D eigenvalue weighted by atomic mass is 19.4. The van der Waals surface area contributed by atoms with Crippen LogP contribution in [0.3, 0.4) is 0 Å².